The number of amides is 1. The molecule has 0 spiro atoms. The van der Waals surface area contributed by atoms with E-state index in [0.717, 1.165) is 39.3 Å². The van der Waals surface area contributed by atoms with Crippen molar-refractivity contribution in [3.05, 3.63) is 107 Å². The highest BCUT2D eigenvalue weighted by atomic mass is 19.1. The second-order valence-corrected chi connectivity index (χ2v) is 7.96. The summed E-state index contributed by atoms with van der Waals surface area (Å²) in [7, 11) is 1.63. The van der Waals surface area contributed by atoms with Gasteiger partial charge in [0.15, 0.2) is 0 Å². The minimum Gasteiger partial charge on any atom is -0.497 e. The van der Waals surface area contributed by atoms with Crippen LogP contribution in [0.15, 0.2) is 72.8 Å². The summed E-state index contributed by atoms with van der Waals surface area (Å²) >= 11 is 0. The Hall–Kier alpha value is -3.93. The van der Waals surface area contributed by atoms with Crippen LogP contribution in [-0.2, 0) is 6.54 Å². The number of fused-ring (bicyclic) bond motifs is 1. The number of nitrogens with zero attached hydrogens (tertiary/aromatic N) is 2. The van der Waals surface area contributed by atoms with Crippen molar-refractivity contribution < 1.29 is 13.9 Å². The third kappa shape index (κ3) is 3.43. The predicted octanol–water partition coefficient (Wildman–Crippen LogP) is 5.28. The molecule has 2 heterocycles. The molecule has 32 heavy (non-hydrogen) atoms. The van der Waals surface area contributed by atoms with Gasteiger partial charge in [-0.3, -0.25) is 9.89 Å². The van der Waals surface area contributed by atoms with Crippen molar-refractivity contribution in [2.45, 2.75) is 19.5 Å². The van der Waals surface area contributed by atoms with Gasteiger partial charge in [-0.15, -0.1) is 0 Å². The number of nitrogens with one attached hydrogen (secondary N) is 1. The molecule has 5 nitrogen and oxygen atoms in total. The Balaban J connectivity index is 1.61. The number of H-pyrrole nitrogens is 1. The maximum absolute atomic E-state index is 13.4. The van der Waals surface area contributed by atoms with Gasteiger partial charge in [-0.2, -0.15) is 5.10 Å². The van der Waals surface area contributed by atoms with Crippen LogP contribution in [0.5, 0.6) is 5.75 Å². The first-order valence-corrected chi connectivity index (χ1v) is 10.4. The Morgan fingerprint density at radius 2 is 1.69 bits per heavy atom. The van der Waals surface area contributed by atoms with Gasteiger partial charge in [-0.1, -0.05) is 42.0 Å². The second kappa shape index (κ2) is 7.96. The first kappa shape index (κ1) is 20.0. The number of halogens is 1. The third-order valence-electron chi connectivity index (χ3n) is 5.89. The van der Waals surface area contributed by atoms with Gasteiger partial charge in [0.25, 0.3) is 5.91 Å². The van der Waals surface area contributed by atoms with Crippen LogP contribution >= 0.6 is 0 Å². The van der Waals surface area contributed by atoms with Crippen molar-refractivity contribution >= 4 is 5.91 Å². The average molecular weight is 427 g/mol. The molecule has 1 aliphatic rings. The molecule has 1 unspecified atom stereocenters. The first-order chi connectivity index (χ1) is 15.5. The van der Waals surface area contributed by atoms with E-state index < -0.39 is 0 Å². The lowest BCUT2D eigenvalue weighted by atomic mass is 9.95. The number of rotatable bonds is 5. The zero-order chi connectivity index (χ0) is 22.2. The van der Waals surface area contributed by atoms with E-state index in [1.807, 2.05) is 60.4 Å². The summed E-state index contributed by atoms with van der Waals surface area (Å²) in [6, 6.07) is 21.8. The molecule has 3 aromatic carbocycles. The molecule has 160 valence electrons. The van der Waals surface area contributed by atoms with Gasteiger partial charge in [0, 0.05) is 17.7 Å². The molecule has 0 aliphatic carbocycles. The van der Waals surface area contributed by atoms with E-state index in [-0.39, 0.29) is 17.8 Å². The van der Waals surface area contributed by atoms with E-state index in [4.69, 9.17) is 4.74 Å². The zero-order valence-electron chi connectivity index (χ0n) is 17.8. The van der Waals surface area contributed by atoms with Crippen molar-refractivity contribution in [3.8, 4) is 17.0 Å². The van der Waals surface area contributed by atoms with E-state index >= 15 is 0 Å². The molecule has 0 saturated heterocycles. The minimum atomic E-state index is -0.306. The quantitative estimate of drug-likeness (QED) is 0.472. The number of hydrogen-bond acceptors (Lipinski definition) is 3. The topological polar surface area (TPSA) is 58.2 Å². The Labute approximate surface area is 185 Å². The molecule has 0 fully saturated rings. The number of carbonyl (C=O) groups excluding carboxylic acids is 1. The number of aryl methyl sites for hydroxylation is 1. The van der Waals surface area contributed by atoms with Crippen LogP contribution in [0.3, 0.4) is 0 Å². The largest absolute Gasteiger partial charge is 0.497 e. The maximum Gasteiger partial charge on any atom is 0.273 e. The summed E-state index contributed by atoms with van der Waals surface area (Å²) in [5.41, 5.74) is 5.99. The summed E-state index contributed by atoms with van der Waals surface area (Å²) in [4.78, 5) is 15.2. The van der Waals surface area contributed by atoms with Crippen LogP contribution in [-0.4, -0.2) is 28.1 Å². The molecule has 0 bridgehead atoms. The standard InChI is InChI=1S/C26H22FN3O2/c1-16-3-7-19(8-4-16)25-22-23(18-9-13-21(32-2)14-10-18)28-29-24(22)26(31)30(25)15-17-5-11-20(27)12-6-17/h3-14,25H,15H2,1-2H3,(H,28,29). The van der Waals surface area contributed by atoms with Gasteiger partial charge < -0.3 is 9.64 Å². The van der Waals surface area contributed by atoms with Crippen molar-refractivity contribution in [1.82, 2.24) is 15.1 Å². The lowest BCUT2D eigenvalue weighted by molar-refractivity contribution is 0.0730. The van der Waals surface area contributed by atoms with Crippen molar-refractivity contribution in [2.24, 2.45) is 0 Å². The van der Waals surface area contributed by atoms with E-state index in [9.17, 15) is 9.18 Å². The van der Waals surface area contributed by atoms with Gasteiger partial charge in [0.05, 0.1) is 18.8 Å². The number of aromatic nitrogens is 2. The highest BCUT2D eigenvalue weighted by Crippen LogP contribution is 2.43. The SMILES string of the molecule is COc1ccc(-c2n[nH]c3c2C(c2ccc(C)cc2)N(Cc2ccc(F)cc2)C3=O)cc1. The molecule has 1 amide bonds. The molecule has 0 radical (unpaired) electrons. The van der Waals surface area contributed by atoms with E-state index in [1.165, 1.54) is 12.1 Å². The molecule has 1 N–H and O–H groups in total. The Morgan fingerprint density at radius 3 is 2.34 bits per heavy atom. The number of aromatic amines is 1. The maximum atomic E-state index is 13.4. The van der Waals surface area contributed by atoms with E-state index in [0.29, 0.717) is 12.2 Å². The Morgan fingerprint density at radius 1 is 1.00 bits per heavy atom. The second-order valence-electron chi connectivity index (χ2n) is 7.96. The van der Waals surface area contributed by atoms with Gasteiger partial charge in [0.1, 0.15) is 17.3 Å². The highest BCUT2D eigenvalue weighted by Gasteiger charge is 2.42. The van der Waals surface area contributed by atoms with Gasteiger partial charge in [-0.05, 0) is 54.4 Å². The smallest absolute Gasteiger partial charge is 0.273 e. The summed E-state index contributed by atoms with van der Waals surface area (Å²) < 4.78 is 18.7. The normalized spacial score (nSPS) is 15.2. The monoisotopic (exact) mass is 427 g/mol. The number of ether oxygens (including phenoxy) is 1. The molecule has 1 atom stereocenters. The highest BCUT2D eigenvalue weighted by molar-refractivity contribution is 6.00. The third-order valence-corrected chi connectivity index (χ3v) is 5.89. The molecule has 0 saturated carbocycles. The summed E-state index contributed by atoms with van der Waals surface area (Å²) in [5, 5.41) is 7.46. The Bertz CT molecular complexity index is 1260. The van der Waals surface area contributed by atoms with Crippen LogP contribution < -0.4 is 4.74 Å². The van der Waals surface area contributed by atoms with Gasteiger partial charge >= 0.3 is 0 Å². The van der Waals surface area contributed by atoms with Crippen molar-refractivity contribution in [1.29, 1.82) is 0 Å². The fourth-order valence-electron chi connectivity index (χ4n) is 4.21. The van der Waals surface area contributed by atoms with Gasteiger partial charge in [0.2, 0.25) is 0 Å². The molecular weight excluding hydrogens is 405 g/mol. The van der Waals surface area contributed by atoms with Gasteiger partial charge in [-0.25, -0.2) is 4.39 Å². The fourth-order valence-corrected chi connectivity index (χ4v) is 4.21. The summed E-state index contributed by atoms with van der Waals surface area (Å²) in [5.74, 6) is 0.333. The van der Waals surface area contributed by atoms with Crippen molar-refractivity contribution in [3.63, 3.8) is 0 Å². The lowest BCUT2D eigenvalue weighted by Crippen LogP contribution is -2.29. The van der Waals surface area contributed by atoms with Crippen LogP contribution in [0, 0.1) is 12.7 Å². The predicted molar refractivity (Wildman–Crippen MR) is 120 cm³/mol. The summed E-state index contributed by atoms with van der Waals surface area (Å²) in [6.45, 7) is 2.40. The fraction of sp³-hybridized carbons (Fsp3) is 0.154. The number of methoxy groups -OCH3 is 1. The van der Waals surface area contributed by atoms with Crippen LogP contribution in [0.4, 0.5) is 4.39 Å². The molecule has 1 aliphatic heterocycles. The molecule has 6 heteroatoms. The lowest BCUT2D eigenvalue weighted by Gasteiger charge is -2.26. The number of carbonyl (C=O) groups is 1. The van der Waals surface area contributed by atoms with E-state index in [2.05, 4.69) is 10.2 Å². The number of benzene rings is 3. The molecular formula is C26H22FN3O2. The van der Waals surface area contributed by atoms with E-state index in [1.54, 1.807) is 19.2 Å². The first-order valence-electron chi connectivity index (χ1n) is 10.4. The van der Waals surface area contributed by atoms with Crippen LogP contribution in [0.2, 0.25) is 0 Å². The van der Waals surface area contributed by atoms with Crippen LogP contribution in [0.1, 0.15) is 38.8 Å². The molecule has 5 rings (SSSR count). The van der Waals surface area contributed by atoms with Crippen molar-refractivity contribution in [2.75, 3.05) is 7.11 Å². The number of hydrogen-bond donors (Lipinski definition) is 1. The average Bonchev–Trinajstić information content (AvgIpc) is 3.35. The molecule has 1 aromatic heterocycles. The zero-order valence-corrected chi connectivity index (χ0v) is 17.8. The van der Waals surface area contributed by atoms with Crippen LogP contribution in [0.25, 0.3) is 11.3 Å². The summed E-state index contributed by atoms with van der Waals surface area (Å²) in [6.07, 6.45) is 0. The Kier molecular flexibility index (Phi) is 4.98. The minimum absolute atomic E-state index is 0.123. The molecule has 4 aromatic rings.